The first-order valence-electron chi connectivity index (χ1n) is 8.53. The molecule has 0 amide bonds. The summed E-state index contributed by atoms with van der Waals surface area (Å²) in [5.41, 5.74) is 0. The van der Waals surface area contributed by atoms with Crippen LogP contribution < -0.4 is 0 Å². The fourth-order valence-corrected chi connectivity index (χ4v) is 2.13. The van der Waals surface area contributed by atoms with Crippen LogP contribution in [-0.2, 0) is 14.6 Å². The summed E-state index contributed by atoms with van der Waals surface area (Å²) in [6, 6.07) is 0. The van der Waals surface area contributed by atoms with E-state index in [9.17, 15) is 4.79 Å². The maximum absolute atomic E-state index is 11.3. The van der Waals surface area contributed by atoms with Gasteiger partial charge in [0, 0.05) is 6.42 Å². The smallest absolute Gasteiger partial charge is 0.298 e. The molecule has 0 atom stereocenters. The molecular formula is C17H34O3. The first-order chi connectivity index (χ1) is 9.66. The lowest BCUT2D eigenvalue weighted by atomic mass is 10.1. The Kier molecular flexibility index (Phi) is 14.4. The quantitative estimate of drug-likeness (QED) is 0.238. The van der Waals surface area contributed by atoms with Crippen molar-refractivity contribution in [2.75, 3.05) is 0 Å². The van der Waals surface area contributed by atoms with Gasteiger partial charge >= 0.3 is 5.97 Å². The van der Waals surface area contributed by atoms with Crippen LogP contribution in [0.25, 0.3) is 0 Å². The molecule has 0 saturated heterocycles. The van der Waals surface area contributed by atoms with E-state index in [4.69, 9.17) is 4.89 Å². The highest BCUT2D eigenvalue weighted by molar-refractivity contribution is 5.68. The van der Waals surface area contributed by atoms with E-state index in [1.807, 2.05) is 13.8 Å². The third-order valence-electron chi connectivity index (χ3n) is 3.32. The molecule has 0 aliphatic carbocycles. The second-order valence-corrected chi connectivity index (χ2v) is 5.89. The summed E-state index contributed by atoms with van der Waals surface area (Å²) in [7, 11) is 0. The minimum absolute atomic E-state index is 0.0590. The lowest BCUT2D eigenvalue weighted by Gasteiger charge is -2.06. The fraction of sp³-hybridized carbons (Fsp3) is 0.941. The van der Waals surface area contributed by atoms with Gasteiger partial charge in [0.25, 0.3) is 0 Å². The van der Waals surface area contributed by atoms with Gasteiger partial charge in [0.2, 0.25) is 0 Å². The zero-order chi connectivity index (χ0) is 15.1. The Morgan fingerprint density at radius 2 is 1.25 bits per heavy atom. The second-order valence-electron chi connectivity index (χ2n) is 5.89. The van der Waals surface area contributed by atoms with Crippen LogP contribution in [-0.4, -0.2) is 12.1 Å². The number of hydrogen-bond donors (Lipinski definition) is 0. The Labute approximate surface area is 125 Å². The summed E-state index contributed by atoms with van der Waals surface area (Å²) in [4.78, 5) is 20.7. The van der Waals surface area contributed by atoms with Crippen molar-refractivity contribution >= 4 is 5.97 Å². The molecule has 0 aromatic heterocycles. The largest absolute Gasteiger partial charge is 0.342 e. The average molecular weight is 286 g/mol. The molecule has 0 unspecified atom stereocenters. The van der Waals surface area contributed by atoms with E-state index in [0.29, 0.717) is 6.42 Å². The molecule has 0 aliphatic rings. The number of unbranched alkanes of at least 4 members (excludes halogenated alkanes) is 10. The monoisotopic (exact) mass is 286 g/mol. The summed E-state index contributed by atoms with van der Waals surface area (Å²) in [5.74, 6) is -0.241. The van der Waals surface area contributed by atoms with Crippen molar-refractivity contribution < 1.29 is 14.6 Å². The number of carbonyl (C=O) groups excluding carboxylic acids is 1. The van der Waals surface area contributed by atoms with Crippen molar-refractivity contribution in [3.05, 3.63) is 0 Å². The average Bonchev–Trinajstić information content (AvgIpc) is 2.42. The lowest BCUT2D eigenvalue weighted by molar-refractivity contribution is -0.291. The highest BCUT2D eigenvalue weighted by atomic mass is 17.2. The highest BCUT2D eigenvalue weighted by Crippen LogP contribution is 2.12. The Hall–Kier alpha value is -0.570. The third kappa shape index (κ3) is 15.5. The van der Waals surface area contributed by atoms with Crippen molar-refractivity contribution in [3.8, 4) is 0 Å². The van der Waals surface area contributed by atoms with E-state index in [2.05, 4.69) is 11.8 Å². The predicted octanol–water partition coefficient (Wildman–Crippen LogP) is 5.57. The zero-order valence-corrected chi connectivity index (χ0v) is 13.8. The second kappa shape index (κ2) is 14.8. The van der Waals surface area contributed by atoms with E-state index in [1.165, 1.54) is 57.8 Å². The normalized spacial score (nSPS) is 11.0. The van der Waals surface area contributed by atoms with Crippen molar-refractivity contribution in [1.29, 1.82) is 0 Å². The van der Waals surface area contributed by atoms with E-state index in [0.717, 1.165) is 12.8 Å². The van der Waals surface area contributed by atoms with E-state index in [1.54, 1.807) is 0 Å². The highest BCUT2D eigenvalue weighted by Gasteiger charge is 2.05. The molecule has 0 aromatic rings. The van der Waals surface area contributed by atoms with Crippen LogP contribution in [0.15, 0.2) is 0 Å². The number of hydrogen-bond acceptors (Lipinski definition) is 3. The van der Waals surface area contributed by atoms with Crippen LogP contribution in [0.2, 0.25) is 0 Å². The topological polar surface area (TPSA) is 35.5 Å². The van der Waals surface area contributed by atoms with E-state index in [-0.39, 0.29) is 12.1 Å². The molecule has 0 aromatic carbocycles. The molecule has 120 valence electrons. The van der Waals surface area contributed by atoms with Crippen LogP contribution >= 0.6 is 0 Å². The molecule has 0 fully saturated rings. The van der Waals surface area contributed by atoms with Crippen LogP contribution in [0, 0.1) is 0 Å². The Bertz CT molecular complexity index is 214. The SMILES string of the molecule is CCCCCCCCCCCCCC(=O)OOC(C)C. The molecule has 0 aliphatic heterocycles. The molecule has 0 spiro atoms. The van der Waals surface area contributed by atoms with Gasteiger partial charge in [0.15, 0.2) is 0 Å². The molecule has 0 radical (unpaired) electrons. The van der Waals surface area contributed by atoms with Gasteiger partial charge < -0.3 is 0 Å². The van der Waals surface area contributed by atoms with Crippen LogP contribution in [0.5, 0.6) is 0 Å². The van der Waals surface area contributed by atoms with Crippen molar-refractivity contribution in [2.45, 2.75) is 104 Å². The third-order valence-corrected chi connectivity index (χ3v) is 3.32. The van der Waals surface area contributed by atoms with Gasteiger partial charge in [-0.15, -0.1) is 0 Å². The molecule has 0 N–H and O–H groups in total. The van der Waals surface area contributed by atoms with Crippen LogP contribution in [0.1, 0.15) is 97.8 Å². The first kappa shape index (κ1) is 19.4. The Morgan fingerprint density at radius 1 is 0.800 bits per heavy atom. The van der Waals surface area contributed by atoms with Crippen LogP contribution in [0.4, 0.5) is 0 Å². The summed E-state index contributed by atoms with van der Waals surface area (Å²) in [5, 5.41) is 0. The van der Waals surface area contributed by atoms with Gasteiger partial charge in [-0.1, -0.05) is 71.1 Å². The maximum atomic E-state index is 11.3. The molecule has 0 bridgehead atoms. The number of rotatable bonds is 14. The zero-order valence-electron chi connectivity index (χ0n) is 13.8. The van der Waals surface area contributed by atoms with Gasteiger partial charge in [-0.25, -0.2) is 4.79 Å². The van der Waals surface area contributed by atoms with E-state index < -0.39 is 0 Å². The van der Waals surface area contributed by atoms with Crippen LogP contribution in [0.3, 0.4) is 0 Å². The Morgan fingerprint density at radius 3 is 1.70 bits per heavy atom. The molecule has 0 saturated carbocycles. The standard InChI is InChI=1S/C17H34O3/c1-4-5-6-7-8-9-10-11-12-13-14-15-17(18)20-19-16(2)3/h16H,4-15H2,1-3H3. The fourth-order valence-electron chi connectivity index (χ4n) is 2.13. The maximum Gasteiger partial charge on any atom is 0.342 e. The van der Waals surface area contributed by atoms with Crippen molar-refractivity contribution in [2.24, 2.45) is 0 Å². The van der Waals surface area contributed by atoms with Gasteiger partial charge in [-0.2, -0.15) is 4.89 Å². The van der Waals surface area contributed by atoms with Gasteiger partial charge in [-0.05, 0) is 20.3 Å². The number of carbonyl (C=O) groups is 1. The lowest BCUT2D eigenvalue weighted by Crippen LogP contribution is -2.10. The molecule has 0 heterocycles. The Balaban J connectivity index is 3.11. The summed E-state index contributed by atoms with van der Waals surface area (Å²) >= 11 is 0. The van der Waals surface area contributed by atoms with E-state index >= 15 is 0 Å². The first-order valence-corrected chi connectivity index (χ1v) is 8.53. The minimum atomic E-state index is -0.241. The molecule has 20 heavy (non-hydrogen) atoms. The molecule has 3 heteroatoms. The summed E-state index contributed by atoms with van der Waals surface area (Å²) < 4.78 is 0. The summed E-state index contributed by atoms with van der Waals surface area (Å²) in [6.07, 6.45) is 14.6. The molecule has 3 nitrogen and oxygen atoms in total. The van der Waals surface area contributed by atoms with Crippen molar-refractivity contribution in [1.82, 2.24) is 0 Å². The van der Waals surface area contributed by atoms with Gasteiger partial charge in [0.1, 0.15) is 0 Å². The molecular weight excluding hydrogens is 252 g/mol. The van der Waals surface area contributed by atoms with Gasteiger partial charge in [0.05, 0.1) is 6.10 Å². The predicted molar refractivity (Wildman–Crippen MR) is 83.4 cm³/mol. The van der Waals surface area contributed by atoms with Gasteiger partial charge in [-0.3, -0.25) is 4.89 Å². The summed E-state index contributed by atoms with van der Waals surface area (Å²) in [6.45, 7) is 5.94. The van der Waals surface area contributed by atoms with Crippen molar-refractivity contribution in [3.63, 3.8) is 0 Å². The molecule has 0 rings (SSSR count). The minimum Gasteiger partial charge on any atom is -0.298 e.